The largest absolute Gasteiger partial charge is 0.478 e. The molecule has 2 aromatic carbocycles. The summed E-state index contributed by atoms with van der Waals surface area (Å²) in [6.07, 6.45) is 1.55. The summed E-state index contributed by atoms with van der Waals surface area (Å²) in [7, 11) is 0. The summed E-state index contributed by atoms with van der Waals surface area (Å²) in [5.41, 5.74) is 1.22. The highest BCUT2D eigenvalue weighted by Crippen LogP contribution is 2.32. The molecule has 0 spiro atoms. The van der Waals surface area contributed by atoms with Gasteiger partial charge in [-0.05, 0) is 51.1 Å². The van der Waals surface area contributed by atoms with E-state index in [9.17, 15) is 19.5 Å². The summed E-state index contributed by atoms with van der Waals surface area (Å²) in [6, 6.07) is 15.8. The molecule has 0 fully saturated rings. The normalized spacial score (nSPS) is 11.5. The number of hydrogen-bond acceptors (Lipinski definition) is 7. The van der Waals surface area contributed by atoms with E-state index in [0.717, 1.165) is 14.7 Å². The van der Waals surface area contributed by atoms with E-state index in [1.807, 2.05) is 34.9 Å². The van der Waals surface area contributed by atoms with Crippen molar-refractivity contribution < 1.29 is 19.4 Å². The van der Waals surface area contributed by atoms with E-state index in [1.165, 1.54) is 29.2 Å². The van der Waals surface area contributed by atoms with E-state index in [1.54, 1.807) is 45.2 Å². The van der Waals surface area contributed by atoms with Crippen molar-refractivity contribution in [1.29, 1.82) is 0 Å². The minimum absolute atomic E-state index is 0.0290. The first-order chi connectivity index (χ1) is 16.1. The number of carbonyl (C=O) groups is 2. The number of ether oxygens (including phenoxy) is 1. The van der Waals surface area contributed by atoms with Crippen LogP contribution in [-0.4, -0.2) is 26.6 Å². The highest BCUT2D eigenvalue weighted by Gasteiger charge is 2.25. The maximum Gasteiger partial charge on any atom is 0.335 e. The standard InChI is InChI=1S/C25H22N2O5S2/c1-25(2,3)23(31)32-20-13-27(16-7-5-4-6-8-16)17(12-19(20)28)14-33-24-26-18-11-15(22(29)30)9-10-21(18)34-24/h4-13H,14H2,1-3H3,(H,29,30). The van der Waals surface area contributed by atoms with Gasteiger partial charge >= 0.3 is 11.9 Å². The molecule has 0 aliphatic carbocycles. The van der Waals surface area contributed by atoms with Gasteiger partial charge in [0.1, 0.15) is 0 Å². The van der Waals surface area contributed by atoms with Crippen LogP contribution in [0.15, 0.2) is 69.9 Å². The average Bonchev–Trinajstić information content (AvgIpc) is 3.21. The van der Waals surface area contributed by atoms with Gasteiger partial charge in [-0.25, -0.2) is 9.78 Å². The Morgan fingerprint density at radius 1 is 1.12 bits per heavy atom. The first kappa shape index (κ1) is 23.7. The Morgan fingerprint density at radius 2 is 1.85 bits per heavy atom. The summed E-state index contributed by atoms with van der Waals surface area (Å²) in [5, 5.41) is 9.20. The number of hydrogen-bond donors (Lipinski definition) is 1. The van der Waals surface area contributed by atoms with Crippen molar-refractivity contribution in [1.82, 2.24) is 9.55 Å². The summed E-state index contributed by atoms with van der Waals surface area (Å²) in [5.74, 6) is -1.08. The fourth-order valence-corrected chi connectivity index (χ4v) is 5.08. The Kier molecular flexibility index (Phi) is 6.58. The molecule has 4 rings (SSSR count). The Balaban J connectivity index is 1.66. The maximum absolute atomic E-state index is 12.8. The maximum atomic E-state index is 12.8. The van der Waals surface area contributed by atoms with Gasteiger partial charge in [0, 0.05) is 23.2 Å². The Bertz CT molecular complexity index is 1440. The lowest BCUT2D eigenvalue weighted by molar-refractivity contribution is -0.143. The summed E-state index contributed by atoms with van der Waals surface area (Å²) < 4.78 is 8.90. The molecule has 0 atom stereocenters. The third kappa shape index (κ3) is 5.21. The van der Waals surface area contributed by atoms with E-state index in [-0.39, 0.29) is 16.7 Å². The molecule has 4 aromatic rings. The predicted octanol–water partition coefficient (Wildman–Crippen LogP) is 5.39. The number of para-hydroxylation sites is 1. The van der Waals surface area contributed by atoms with Crippen molar-refractivity contribution in [2.24, 2.45) is 5.41 Å². The number of nitrogens with zero attached hydrogens (tertiary/aromatic N) is 2. The molecule has 34 heavy (non-hydrogen) atoms. The number of carboxylic acid groups (broad SMARTS) is 1. The van der Waals surface area contributed by atoms with E-state index in [0.29, 0.717) is 17.0 Å². The molecular weight excluding hydrogens is 472 g/mol. The van der Waals surface area contributed by atoms with Crippen LogP contribution in [0, 0.1) is 5.41 Å². The van der Waals surface area contributed by atoms with Gasteiger partial charge < -0.3 is 14.4 Å². The SMILES string of the molecule is CC(C)(C)C(=O)Oc1cn(-c2ccccc2)c(CSc2nc3cc(C(=O)O)ccc3s2)cc1=O. The second-order valence-corrected chi connectivity index (χ2v) is 10.8. The van der Waals surface area contributed by atoms with E-state index < -0.39 is 17.4 Å². The fraction of sp³-hybridized carbons (Fsp3) is 0.200. The van der Waals surface area contributed by atoms with Crippen molar-refractivity contribution >= 4 is 45.3 Å². The van der Waals surface area contributed by atoms with Crippen LogP contribution in [0.25, 0.3) is 15.9 Å². The van der Waals surface area contributed by atoms with Crippen molar-refractivity contribution in [3.05, 3.63) is 82.3 Å². The zero-order valence-corrected chi connectivity index (χ0v) is 20.4. The lowest BCUT2D eigenvalue weighted by atomic mass is 9.97. The molecule has 174 valence electrons. The molecule has 0 saturated carbocycles. The molecule has 0 bridgehead atoms. The zero-order chi connectivity index (χ0) is 24.5. The van der Waals surface area contributed by atoms with E-state index >= 15 is 0 Å². The summed E-state index contributed by atoms with van der Waals surface area (Å²) in [6.45, 7) is 5.19. The molecule has 0 saturated heterocycles. The molecule has 2 aromatic heterocycles. The van der Waals surface area contributed by atoms with Gasteiger partial charge in [-0.3, -0.25) is 9.59 Å². The van der Waals surface area contributed by atoms with Crippen LogP contribution in [0.2, 0.25) is 0 Å². The van der Waals surface area contributed by atoms with Gasteiger partial charge in [0.15, 0.2) is 10.1 Å². The number of thiazole rings is 1. The quantitative estimate of drug-likeness (QED) is 0.283. The first-order valence-corrected chi connectivity index (χ1v) is 12.2. The monoisotopic (exact) mass is 494 g/mol. The summed E-state index contributed by atoms with van der Waals surface area (Å²) in [4.78, 5) is 40.9. The summed E-state index contributed by atoms with van der Waals surface area (Å²) >= 11 is 2.91. The molecular formula is C25H22N2O5S2. The van der Waals surface area contributed by atoms with Crippen LogP contribution in [0.1, 0.15) is 36.8 Å². The number of aromatic carboxylic acids is 1. The van der Waals surface area contributed by atoms with Crippen LogP contribution in [0.5, 0.6) is 5.75 Å². The second-order valence-electron chi connectivity index (χ2n) is 8.59. The van der Waals surface area contributed by atoms with Gasteiger partial charge in [-0.15, -0.1) is 11.3 Å². The van der Waals surface area contributed by atoms with Crippen LogP contribution in [0.3, 0.4) is 0 Å². The molecule has 2 heterocycles. The minimum Gasteiger partial charge on any atom is -0.478 e. The van der Waals surface area contributed by atoms with Crippen LogP contribution < -0.4 is 10.2 Å². The van der Waals surface area contributed by atoms with Crippen LogP contribution >= 0.6 is 23.1 Å². The molecule has 0 unspecified atom stereocenters. The van der Waals surface area contributed by atoms with Crippen LogP contribution in [-0.2, 0) is 10.5 Å². The Morgan fingerprint density at radius 3 is 2.53 bits per heavy atom. The molecule has 0 aliphatic rings. The van der Waals surface area contributed by atoms with Gasteiger partial charge in [0.05, 0.1) is 27.4 Å². The molecule has 1 N–H and O–H groups in total. The molecule has 7 nitrogen and oxygen atoms in total. The number of benzene rings is 2. The zero-order valence-electron chi connectivity index (χ0n) is 18.8. The molecule has 0 aliphatic heterocycles. The lowest BCUT2D eigenvalue weighted by Crippen LogP contribution is -2.28. The number of pyridine rings is 1. The number of rotatable bonds is 6. The van der Waals surface area contributed by atoms with E-state index in [4.69, 9.17) is 4.74 Å². The van der Waals surface area contributed by atoms with Crippen molar-refractivity contribution in [3.63, 3.8) is 0 Å². The molecule has 0 radical (unpaired) electrons. The molecule has 9 heteroatoms. The smallest absolute Gasteiger partial charge is 0.335 e. The van der Waals surface area contributed by atoms with Gasteiger partial charge in [-0.2, -0.15) is 0 Å². The van der Waals surface area contributed by atoms with Gasteiger partial charge in [0.2, 0.25) is 5.43 Å². The Labute approximate surface area is 204 Å². The Hall–Kier alpha value is -3.43. The predicted molar refractivity (Wildman–Crippen MR) is 133 cm³/mol. The number of aromatic nitrogens is 2. The average molecular weight is 495 g/mol. The number of thioether (sulfide) groups is 1. The molecule has 0 amide bonds. The third-order valence-electron chi connectivity index (χ3n) is 4.90. The third-order valence-corrected chi connectivity index (χ3v) is 7.12. The van der Waals surface area contributed by atoms with Crippen molar-refractivity contribution in [2.75, 3.05) is 0 Å². The number of carboxylic acids is 1. The topological polar surface area (TPSA) is 98.5 Å². The van der Waals surface area contributed by atoms with Crippen molar-refractivity contribution in [2.45, 2.75) is 30.9 Å². The van der Waals surface area contributed by atoms with Gasteiger partial charge in [-0.1, -0.05) is 30.0 Å². The second kappa shape index (κ2) is 9.44. The number of esters is 1. The highest BCUT2D eigenvalue weighted by molar-refractivity contribution is 8.00. The number of fused-ring (bicyclic) bond motifs is 1. The van der Waals surface area contributed by atoms with E-state index in [2.05, 4.69) is 4.98 Å². The first-order valence-electron chi connectivity index (χ1n) is 10.4. The highest BCUT2D eigenvalue weighted by atomic mass is 32.2. The van der Waals surface area contributed by atoms with Gasteiger partial charge in [0.25, 0.3) is 0 Å². The fourth-order valence-electron chi connectivity index (χ4n) is 3.06. The number of carbonyl (C=O) groups excluding carboxylic acids is 1. The lowest BCUT2D eigenvalue weighted by Gasteiger charge is -2.18. The minimum atomic E-state index is -0.997. The van der Waals surface area contributed by atoms with Crippen molar-refractivity contribution in [3.8, 4) is 11.4 Å². The van der Waals surface area contributed by atoms with Crippen LogP contribution in [0.4, 0.5) is 0 Å².